The van der Waals surface area contributed by atoms with E-state index in [1.165, 1.54) is 44.6 Å². The molecule has 1 saturated heterocycles. The monoisotopic (exact) mass is 401 g/mol. The Morgan fingerprint density at radius 3 is 2.55 bits per heavy atom. The third-order valence-electron chi connectivity index (χ3n) is 7.63. The largest absolute Gasteiger partial charge is 0.493 e. The maximum atomic E-state index is 15.0. The Labute approximate surface area is 175 Å². The summed E-state index contributed by atoms with van der Waals surface area (Å²) >= 11 is 0. The second kappa shape index (κ2) is 8.65. The van der Waals surface area contributed by atoms with Crippen LogP contribution in [0.15, 0.2) is 12.1 Å². The Balaban J connectivity index is 1.54. The number of benzene rings is 1. The molecule has 1 amide bonds. The molecule has 3 fully saturated rings. The number of carbonyl (C=O) groups is 1. The third-order valence-corrected chi connectivity index (χ3v) is 7.63. The van der Waals surface area contributed by atoms with Gasteiger partial charge >= 0.3 is 0 Å². The number of amides is 1. The molecule has 160 valence electrons. The van der Waals surface area contributed by atoms with Gasteiger partial charge in [-0.1, -0.05) is 33.1 Å². The molecule has 4 heteroatoms. The Hall–Kier alpha value is -1.58. The van der Waals surface area contributed by atoms with Gasteiger partial charge in [-0.25, -0.2) is 4.39 Å². The van der Waals surface area contributed by atoms with Crippen LogP contribution >= 0.6 is 0 Å². The minimum absolute atomic E-state index is 0.155. The molecule has 2 saturated carbocycles. The summed E-state index contributed by atoms with van der Waals surface area (Å²) in [6, 6.07) is 3.31. The van der Waals surface area contributed by atoms with Gasteiger partial charge in [-0.2, -0.15) is 0 Å². The average molecular weight is 402 g/mol. The van der Waals surface area contributed by atoms with Gasteiger partial charge in [-0.3, -0.25) is 4.79 Å². The summed E-state index contributed by atoms with van der Waals surface area (Å²) in [5.41, 5.74) is 1.54. The second-order valence-corrected chi connectivity index (χ2v) is 9.54. The molecule has 2 atom stereocenters. The van der Waals surface area contributed by atoms with Gasteiger partial charge < -0.3 is 9.64 Å². The van der Waals surface area contributed by atoms with Crippen LogP contribution in [0.25, 0.3) is 0 Å². The van der Waals surface area contributed by atoms with Crippen LogP contribution in [0.3, 0.4) is 0 Å². The molecule has 1 aromatic rings. The highest BCUT2D eigenvalue weighted by atomic mass is 19.1. The van der Waals surface area contributed by atoms with Gasteiger partial charge in [0.15, 0.2) is 0 Å². The first-order valence-corrected chi connectivity index (χ1v) is 11.8. The van der Waals surface area contributed by atoms with Gasteiger partial charge in [0.2, 0.25) is 0 Å². The highest BCUT2D eigenvalue weighted by Gasteiger charge is 2.45. The third kappa shape index (κ3) is 4.18. The molecule has 0 radical (unpaired) electrons. The lowest BCUT2D eigenvalue weighted by molar-refractivity contribution is -0.0289. The molecule has 0 spiro atoms. The Kier molecular flexibility index (Phi) is 6.17. The quantitative estimate of drug-likeness (QED) is 0.485. The lowest BCUT2D eigenvalue weighted by atomic mass is 9.57. The fraction of sp³-hybridized carbons (Fsp3) is 0.720. The minimum atomic E-state index is -0.426. The fourth-order valence-electron chi connectivity index (χ4n) is 5.40. The zero-order valence-corrected chi connectivity index (χ0v) is 18.1. The van der Waals surface area contributed by atoms with E-state index in [0.29, 0.717) is 18.3 Å². The zero-order valence-electron chi connectivity index (χ0n) is 18.1. The number of halogens is 1. The lowest BCUT2D eigenvalue weighted by Gasteiger charge is -2.49. The molecule has 29 heavy (non-hydrogen) atoms. The van der Waals surface area contributed by atoms with Crippen molar-refractivity contribution in [1.82, 2.24) is 4.90 Å². The number of hydrogen-bond acceptors (Lipinski definition) is 2. The molecule has 1 aromatic carbocycles. The number of ether oxygens (including phenoxy) is 1. The molecule has 0 bridgehead atoms. The first-order valence-electron chi connectivity index (χ1n) is 11.8. The summed E-state index contributed by atoms with van der Waals surface area (Å²) in [6.07, 6.45) is 11.6. The van der Waals surface area contributed by atoms with E-state index in [2.05, 4.69) is 13.8 Å². The number of hydrogen-bond donors (Lipinski definition) is 0. The van der Waals surface area contributed by atoms with Crippen LogP contribution in [0, 0.1) is 17.2 Å². The van der Waals surface area contributed by atoms with Crippen molar-refractivity contribution >= 4 is 5.91 Å². The van der Waals surface area contributed by atoms with Crippen molar-refractivity contribution in [3.05, 3.63) is 29.1 Å². The van der Waals surface area contributed by atoms with Crippen LogP contribution in [-0.4, -0.2) is 30.5 Å². The molecule has 3 nitrogen and oxygen atoms in total. The van der Waals surface area contributed by atoms with Gasteiger partial charge in [-0.05, 0) is 68.4 Å². The summed E-state index contributed by atoms with van der Waals surface area (Å²) in [4.78, 5) is 14.6. The summed E-state index contributed by atoms with van der Waals surface area (Å²) in [5, 5.41) is 0. The summed E-state index contributed by atoms with van der Waals surface area (Å²) in [5.74, 6) is 1.24. The van der Waals surface area contributed by atoms with Gasteiger partial charge in [0.25, 0.3) is 5.91 Å². The van der Waals surface area contributed by atoms with Gasteiger partial charge in [0.1, 0.15) is 11.6 Å². The number of unbranched alkanes of at least 4 members (excludes halogenated alkanes) is 1. The van der Waals surface area contributed by atoms with Crippen molar-refractivity contribution in [2.45, 2.75) is 84.0 Å². The van der Waals surface area contributed by atoms with Crippen molar-refractivity contribution in [1.29, 1.82) is 0 Å². The lowest BCUT2D eigenvalue weighted by Crippen LogP contribution is -2.44. The van der Waals surface area contributed by atoms with Crippen LogP contribution < -0.4 is 4.74 Å². The number of rotatable bonds is 9. The summed E-state index contributed by atoms with van der Waals surface area (Å²) < 4.78 is 21.3. The second-order valence-electron chi connectivity index (χ2n) is 9.54. The molecule has 4 rings (SSSR count). The van der Waals surface area contributed by atoms with Gasteiger partial charge in [0.05, 0.1) is 12.2 Å². The first-order chi connectivity index (χ1) is 14.1. The van der Waals surface area contributed by atoms with E-state index in [1.54, 1.807) is 11.0 Å². The Morgan fingerprint density at radius 2 is 1.97 bits per heavy atom. The van der Waals surface area contributed by atoms with Crippen LogP contribution in [0.2, 0.25) is 0 Å². The molecule has 0 aromatic heterocycles. The van der Waals surface area contributed by atoms with E-state index in [1.807, 2.05) is 0 Å². The van der Waals surface area contributed by atoms with Gasteiger partial charge in [0, 0.05) is 24.6 Å². The molecule has 0 N–H and O–H groups in total. The Bertz CT molecular complexity index is 737. The molecule has 3 aliphatic rings. The molecule has 1 aliphatic heterocycles. The van der Waals surface area contributed by atoms with E-state index in [0.717, 1.165) is 50.3 Å². The van der Waals surface area contributed by atoms with Crippen LogP contribution in [0.5, 0.6) is 5.75 Å². The molecule has 1 heterocycles. The normalized spacial score (nSPS) is 26.4. The molecule has 2 unspecified atom stereocenters. The summed E-state index contributed by atoms with van der Waals surface area (Å²) in [6.45, 7) is 6.69. The van der Waals surface area contributed by atoms with Crippen LogP contribution in [-0.2, 0) is 0 Å². The van der Waals surface area contributed by atoms with Crippen molar-refractivity contribution < 1.29 is 13.9 Å². The highest BCUT2D eigenvalue weighted by molar-refractivity contribution is 5.95. The highest BCUT2D eigenvalue weighted by Crippen LogP contribution is 2.53. The van der Waals surface area contributed by atoms with Crippen molar-refractivity contribution in [2.75, 3.05) is 19.7 Å². The topological polar surface area (TPSA) is 29.5 Å². The summed E-state index contributed by atoms with van der Waals surface area (Å²) in [7, 11) is 0. The van der Waals surface area contributed by atoms with Gasteiger partial charge in [-0.15, -0.1) is 0 Å². The standard InChI is InChI=1S/C25H36FNO2/c1-3-5-11-25(12-10-19(25)4-2)17-29-23-16-22(26)21(15-20(23)18-8-9-18)24(28)27-13-6-7-14-27/h15-16,18-19H,3-14,17H2,1-2H3. The van der Waals surface area contributed by atoms with Crippen LogP contribution in [0.4, 0.5) is 4.39 Å². The van der Waals surface area contributed by atoms with E-state index in [9.17, 15) is 9.18 Å². The van der Waals surface area contributed by atoms with E-state index in [4.69, 9.17) is 4.74 Å². The first kappa shape index (κ1) is 20.7. The zero-order chi connectivity index (χ0) is 20.4. The predicted molar refractivity (Wildman–Crippen MR) is 114 cm³/mol. The minimum Gasteiger partial charge on any atom is -0.493 e. The number of likely N-dealkylation sites (tertiary alicyclic amines) is 1. The maximum absolute atomic E-state index is 15.0. The SMILES string of the molecule is CCCCC1(COc2cc(F)c(C(=O)N3CCCC3)cc2C2CC2)CCC1CC. The van der Waals surface area contributed by atoms with Crippen molar-refractivity contribution in [2.24, 2.45) is 11.3 Å². The van der Waals surface area contributed by atoms with E-state index >= 15 is 0 Å². The average Bonchev–Trinajstić information content (AvgIpc) is 3.40. The van der Waals surface area contributed by atoms with E-state index < -0.39 is 5.82 Å². The fourth-order valence-corrected chi connectivity index (χ4v) is 5.40. The Morgan fingerprint density at radius 1 is 1.21 bits per heavy atom. The van der Waals surface area contributed by atoms with Crippen molar-refractivity contribution in [3.63, 3.8) is 0 Å². The smallest absolute Gasteiger partial charge is 0.256 e. The maximum Gasteiger partial charge on any atom is 0.256 e. The predicted octanol–water partition coefficient (Wildman–Crippen LogP) is 6.31. The molecular weight excluding hydrogens is 365 g/mol. The van der Waals surface area contributed by atoms with Crippen LogP contribution in [0.1, 0.15) is 99.9 Å². The van der Waals surface area contributed by atoms with E-state index in [-0.39, 0.29) is 16.9 Å². The molecule has 2 aliphatic carbocycles. The van der Waals surface area contributed by atoms with Crippen molar-refractivity contribution in [3.8, 4) is 5.75 Å². The number of carbonyl (C=O) groups excluding carboxylic acids is 1. The number of nitrogens with zero attached hydrogens (tertiary/aromatic N) is 1. The molecular formula is C25H36FNO2.